The lowest BCUT2D eigenvalue weighted by molar-refractivity contribution is -0.147. The van der Waals surface area contributed by atoms with Gasteiger partial charge in [-0.05, 0) is 38.5 Å². The number of carbonyl (C=O) groups is 2. The van der Waals surface area contributed by atoms with Crippen molar-refractivity contribution in [1.82, 2.24) is 5.32 Å². The van der Waals surface area contributed by atoms with Crippen molar-refractivity contribution in [3.8, 4) is 0 Å². The van der Waals surface area contributed by atoms with E-state index in [1.54, 1.807) is 32.0 Å². The fraction of sp³-hybridized carbons (Fsp3) is 0.385. The molecule has 0 heterocycles. The SMILES string of the molecule is CC(C)(CCNC(=O)c1cc(Br)ccc1Cl)C(=O)O. The topological polar surface area (TPSA) is 66.4 Å². The van der Waals surface area contributed by atoms with E-state index in [1.165, 1.54) is 0 Å². The molecule has 1 aromatic carbocycles. The van der Waals surface area contributed by atoms with Gasteiger partial charge in [0.25, 0.3) is 5.91 Å². The summed E-state index contributed by atoms with van der Waals surface area (Å²) in [5.41, 5.74) is -0.502. The molecule has 0 atom stereocenters. The molecule has 0 fully saturated rings. The van der Waals surface area contributed by atoms with E-state index in [2.05, 4.69) is 21.2 Å². The molecule has 1 aromatic rings. The van der Waals surface area contributed by atoms with Gasteiger partial charge in [0.2, 0.25) is 0 Å². The molecule has 2 N–H and O–H groups in total. The average molecular weight is 349 g/mol. The Bertz CT molecular complexity index is 503. The maximum atomic E-state index is 11.9. The van der Waals surface area contributed by atoms with Crippen molar-refractivity contribution in [3.63, 3.8) is 0 Å². The summed E-state index contributed by atoms with van der Waals surface area (Å²) in [5, 5.41) is 12.0. The highest BCUT2D eigenvalue weighted by Crippen LogP contribution is 2.22. The van der Waals surface area contributed by atoms with Gasteiger partial charge in [-0.3, -0.25) is 9.59 Å². The number of hydrogen-bond donors (Lipinski definition) is 2. The van der Waals surface area contributed by atoms with Crippen LogP contribution < -0.4 is 5.32 Å². The van der Waals surface area contributed by atoms with Gasteiger partial charge in [-0.1, -0.05) is 27.5 Å². The molecule has 0 aromatic heterocycles. The highest BCUT2D eigenvalue weighted by molar-refractivity contribution is 9.10. The molecule has 104 valence electrons. The zero-order valence-electron chi connectivity index (χ0n) is 10.7. The molecule has 0 saturated heterocycles. The van der Waals surface area contributed by atoms with Crippen molar-refractivity contribution >= 4 is 39.4 Å². The Balaban J connectivity index is 2.62. The predicted octanol–water partition coefficient (Wildman–Crippen LogP) is 3.33. The van der Waals surface area contributed by atoms with Gasteiger partial charge in [0.15, 0.2) is 0 Å². The van der Waals surface area contributed by atoms with Crippen molar-refractivity contribution in [3.05, 3.63) is 33.3 Å². The minimum absolute atomic E-state index is 0.279. The maximum Gasteiger partial charge on any atom is 0.309 e. The zero-order chi connectivity index (χ0) is 14.6. The Hall–Kier alpha value is -1.07. The number of rotatable bonds is 5. The molecule has 0 saturated carbocycles. The van der Waals surface area contributed by atoms with Crippen LogP contribution in [0.1, 0.15) is 30.6 Å². The van der Waals surface area contributed by atoms with Crippen molar-refractivity contribution in [1.29, 1.82) is 0 Å². The van der Waals surface area contributed by atoms with E-state index in [0.717, 1.165) is 4.47 Å². The van der Waals surface area contributed by atoms with E-state index in [-0.39, 0.29) is 12.5 Å². The summed E-state index contributed by atoms with van der Waals surface area (Å²) < 4.78 is 0.757. The molecule has 1 amide bonds. The second-order valence-electron chi connectivity index (χ2n) is 4.82. The van der Waals surface area contributed by atoms with Gasteiger partial charge in [-0.25, -0.2) is 0 Å². The number of carboxylic acids is 1. The van der Waals surface area contributed by atoms with E-state index < -0.39 is 11.4 Å². The van der Waals surface area contributed by atoms with Crippen LogP contribution in [-0.2, 0) is 4.79 Å². The average Bonchev–Trinajstić information content (AvgIpc) is 2.31. The van der Waals surface area contributed by atoms with Gasteiger partial charge in [0.1, 0.15) is 0 Å². The number of amides is 1. The Labute approximate surface area is 125 Å². The van der Waals surface area contributed by atoms with E-state index in [9.17, 15) is 9.59 Å². The second kappa shape index (κ2) is 6.39. The van der Waals surface area contributed by atoms with E-state index in [4.69, 9.17) is 16.7 Å². The third-order valence-electron chi connectivity index (χ3n) is 2.79. The summed E-state index contributed by atoms with van der Waals surface area (Å²) in [5.74, 6) is -1.20. The molecule has 6 heteroatoms. The largest absolute Gasteiger partial charge is 0.481 e. The normalized spacial score (nSPS) is 11.2. The first-order chi connectivity index (χ1) is 8.74. The van der Waals surface area contributed by atoms with Crippen LogP contribution in [0.4, 0.5) is 0 Å². The van der Waals surface area contributed by atoms with Gasteiger partial charge < -0.3 is 10.4 Å². The van der Waals surface area contributed by atoms with Crippen LogP contribution in [0.5, 0.6) is 0 Å². The smallest absolute Gasteiger partial charge is 0.309 e. The highest BCUT2D eigenvalue weighted by atomic mass is 79.9. The monoisotopic (exact) mass is 347 g/mol. The molecule has 19 heavy (non-hydrogen) atoms. The minimum atomic E-state index is -0.887. The second-order valence-corrected chi connectivity index (χ2v) is 6.14. The summed E-state index contributed by atoms with van der Waals surface area (Å²) in [6, 6.07) is 4.99. The van der Waals surface area contributed by atoms with Crippen molar-refractivity contribution < 1.29 is 14.7 Å². The zero-order valence-corrected chi connectivity index (χ0v) is 13.0. The first-order valence-corrected chi connectivity index (χ1v) is 6.88. The molecule has 4 nitrogen and oxygen atoms in total. The number of hydrogen-bond acceptors (Lipinski definition) is 2. The van der Waals surface area contributed by atoms with Crippen LogP contribution in [-0.4, -0.2) is 23.5 Å². The van der Waals surface area contributed by atoms with Crippen LogP contribution in [0.25, 0.3) is 0 Å². The minimum Gasteiger partial charge on any atom is -0.481 e. The highest BCUT2D eigenvalue weighted by Gasteiger charge is 2.26. The number of benzene rings is 1. The molecule has 1 rings (SSSR count). The summed E-state index contributed by atoms with van der Waals surface area (Å²) in [4.78, 5) is 22.8. The number of aliphatic carboxylic acids is 1. The summed E-state index contributed by atoms with van der Waals surface area (Å²) in [6.07, 6.45) is 0.347. The van der Waals surface area contributed by atoms with E-state index in [0.29, 0.717) is 17.0 Å². The van der Waals surface area contributed by atoms with E-state index >= 15 is 0 Å². The van der Waals surface area contributed by atoms with Gasteiger partial charge in [-0.2, -0.15) is 0 Å². The fourth-order valence-electron chi connectivity index (χ4n) is 1.36. The van der Waals surface area contributed by atoms with Crippen LogP contribution in [0.2, 0.25) is 5.02 Å². The third-order valence-corrected chi connectivity index (χ3v) is 3.61. The van der Waals surface area contributed by atoms with Crippen molar-refractivity contribution in [2.45, 2.75) is 20.3 Å². The molecular formula is C13H15BrClNO3. The Morgan fingerprint density at radius 3 is 2.63 bits per heavy atom. The summed E-state index contributed by atoms with van der Waals surface area (Å²) >= 11 is 9.20. The quantitative estimate of drug-likeness (QED) is 0.857. The molecule has 0 unspecified atom stereocenters. The molecular weight excluding hydrogens is 334 g/mol. The maximum absolute atomic E-state index is 11.9. The first kappa shape index (κ1) is 16.0. The molecule has 0 bridgehead atoms. The van der Waals surface area contributed by atoms with Crippen LogP contribution >= 0.6 is 27.5 Å². The first-order valence-electron chi connectivity index (χ1n) is 5.70. The van der Waals surface area contributed by atoms with Crippen LogP contribution in [0.3, 0.4) is 0 Å². The predicted molar refractivity (Wildman–Crippen MR) is 77.5 cm³/mol. The molecule has 0 aliphatic rings. The number of halogens is 2. The fourth-order valence-corrected chi connectivity index (χ4v) is 1.93. The summed E-state index contributed by atoms with van der Waals surface area (Å²) in [7, 11) is 0. The number of carboxylic acid groups (broad SMARTS) is 1. The van der Waals surface area contributed by atoms with Crippen molar-refractivity contribution in [2.24, 2.45) is 5.41 Å². The number of carbonyl (C=O) groups excluding carboxylic acids is 1. The van der Waals surface area contributed by atoms with Crippen LogP contribution in [0.15, 0.2) is 22.7 Å². The molecule has 0 aliphatic carbocycles. The van der Waals surface area contributed by atoms with Gasteiger partial charge in [-0.15, -0.1) is 0 Å². The Morgan fingerprint density at radius 1 is 1.42 bits per heavy atom. The van der Waals surface area contributed by atoms with Gasteiger partial charge in [0, 0.05) is 11.0 Å². The van der Waals surface area contributed by atoms with E-state index in [1.807, 2.05) is 0 Å². The lowest BCUT2D eigenvalue weighted by atomic mass is 9.90. The third kappa shape index (κ3) is 4.51. The molecule has 0 spiro atoms. The van der Waals surface area contributed by atoms with Gasteiger partial charge >= 0.3 is 5.97 Å². The lowest BCUT2D eigenvalue weighted by Gasteiger charge is -2.19. The Morgan fingerprint density at radius 2 is 2.05 bits per heavy atom. The van der Waals surface area contributed by atoms with Crippen molar-refractivity contribution in [2.75, 3.05) is 6.54 Å². The molecule has 0 aliphatic heterocycles. The van der Waals surface area contributed by atoms with Crippen LogP contribution in [0, 0.1) is 5.41 Å². The number of nitrogens with one attached hydrogen (secondary N) is 1. The lowest BCUT2D eigenvalue weighted by Crippen LogP contribution is -2.32. The summed E-state index contributed by atoms with van der Waals surface area (Å²) in [6.45, 7) is 3.52. The Kier molecular flexibility index (Phi) is 5.38. The standard InChI is InChI=1S/C13H15BrClNO3/c1-13(2,12(18)19)5-6-16-11(17)9-7-8(14)3-4-10(9)15/h3-4,7H,5-6H2,1-2H3,(H,16,17)(H,18,19). The molecule has 0 radical (unpaired) electrons. The van der Waals surface area contributed by atoms with Gasteiger partial charge in [0.05, 0.1) is 16.0 Å².